The van der Waals surface area contributed by atoms with Crippen LogP contribution < -0.4 is 5.73 Å². The lowest BCUT2D eigenvalue weighted by Crippen LogP contribution is -2.34. The van der Waals surface area contributed by atoms with Crippen LogP contribution in [0.3, 0.4) is 0 Å². The molecule has 0 heterocycles. The Bertz CT molecular complexity index is 660. The summed E-state index contributed by atoms with van der Waals surface area (Å²) in [4.78, 5) is 0.218. The molecule has 1 aliphatic carbocycles. The van der Waals surface area contributed by atoms with E-state index in [9.17, 15) is 8.42 Å². The van der Waals surface area contributed by atoms with Gasteiger partial charge in [0, 0.05) is 22.8 Å². The van der Waals surface area contributed by atoms with E-state index in [4.69, 9.17) is 22.7 Å². The van der Waals surface area contributed by atoms with Crippen molar-refractivity contribution in [2.45, 2.75) is 25.0 Å². The Balaban J connectivity index is 2.48. The van der Waals surface area contributed by atoms with Gasteiger partial charge in [-0.3, -0.25) is 0 Å². The van der Waals surface area contributed by atoms with E-state index in [0.717, 1.165) is 10.0 Å². The van der Waals surface area contributed by atoms with E-state index < -0.39 is 20.5 Å². The van der Waals surface area contributed by atoms with Gasteiger partial charge in [0.05, 0.1) is 22.3 Å². The average molecular weight is 406 g/mol. The number of benzene rings is 1. The van der Waals surface area contributed by atoms with Crippen LogP contribution >= 0.6 is 28.1 Å². The van der Waals surface area contributed by atoms with Gasteiger partial charge in [0.25, 0.3) is 0 Å². The van der Waals surface area contributed by atoms with Gasteiger partial charge in [-0.1, -0.05) is 47.2 Å². The number of halogens is 1. The summed E-state index contributed by atoms with van der Waals surface area (Å²) in [6.07, 6.45) is 0. The van der Waals surface area contributed by atoms with E-state index in [2.05, 4.69) is 15.9 Å². The van der Waals surface area contributed by atoms with Crippen molar-refractivity contribution in [1.82, 2.24) is 0 Å². The van der Waals surface area contributed by atoms with Crippen LogP contribution in [0.4, 0.5) is 0 Å². The second-order valence-electron chi connectivity index (χ2n) is 5.44. The van der Waals surface area contributed by atoms with Crippen molar-refractivity contribution in [3.63, 3.8) is 0 Å². The van der Waals surface area contributed by atoms with Gasteiger partial charge in [-0.25, -0.2) is 8.42 Å². The molecule has 0 saturated heterocycles. The highest BCUT2D eigenvalue weighted by Gasteiger charge is 2.72. The maximum Gasteiger partial charge on any atom is 0.154 e. The molecule has 0 aliphatic heterocycles. The molecule has 4 nitrogen and oxygen atoms in total. The molecule has 1 fully saturated rings. The third-order valence-corrected chi connectivity index (χ3v) is 7.46. The minimum absolute atomic E-state index is 0.0706. The number of rotatable bonds is 7. The first-order valence-electron chi connectivity index (χ1n) is 7.16. The first kappa shape index (κ1) is 17.8. The van der Waals surface area contributed by atoms with Crippen LogP contribution in [-0.4, -0.2) is 37.6 Å². The first-order chi connectivity index (χ1) is 10.3. The predicted molar refractivity (Wildman–Crippen MR) is 95.8 cm³/mol. The summed E-state index contributed by atoms with van der Waals surface area (Å²) in [6.45, 7) is 4.25. The van der Waals surface area contributed by atoms with Gasteiger partial charge < -0.3 is 10.5 Å². The first-order valence-corrected chi connectivity index (χ1v) is 10.1. The Morgan fingerprint density at radius 1 is 1.36 bits per heavy atom. The number of hydrogen-bond acceptors (Lipinski definition) is 4. The van der Waals surface area contributed by atoms with Crippen LogP contribution in [-0.2, 0) is 14.6 Å². The Hall–Kier alpha value is -0.500. The fourth-order valence-electron chi connectivity index (χ4n) is 3.06. The zero-order valence-electron chi connectivity index (χ0n) is 12.6. The number of hydrogen-bond donors (Lipinski definition) is 1. The molecule has 1 saturated carbocycles. The van der Waals surface area contributed by atoms with Gasteiger partial charge in [0.1, 0.15) is 0 Å². The van der Waals surface area contributed by atoms with Crippen molar-refractivity contribution in [1.29, 1.82) is 0 Å². The van der Waals surface area contributed by atoms with Crippen LogP contribution in [0.15, 0.2) is 28.7 Å². The molecule has 0 spiro atoms. The SMILES string of the molecule is CCOC[C@@]1(C(N)=S)[C@H](S(=O)(=O)CC)[C@@H]1c1ccc(Br)cc1. The summed E-state index contributed by atoms with van der Waals surface area (Å²) in [6, 6.07) is 7.63. The standard InChI is InChI=1S/C15H20BrNO3S2/c1-3-20-9-15(14(17)21)12(13(15)22(18,19)4-2)10-5-7-11(16)8-6-10/h5-8,12-13H,3-4,9H2,1-2H3,(H2,17,21)/t12-,13+,15-/m0/s1. The summed E-state index contributed by atoms with van der Waals surface area (Å²) in [7, 11) is -3.27. The smallest absolute Gasteiger partial charge is 0.154 e. The molecular formula is C15H20BrNO3S2. The molecular weight excluding hydrogens is 386 g/mol. The van der Waals surface area contributed by atoms with Crippen molar-refractivity contribution in [2.75, 3.05) is 19.0 Å². The highest BCUT2D eigenvalue weighted by Crippen LogP contribution is 2.63. The highest BCUT2D eigenvalue weighted by atomic mass is 79.9. The van der Waals surface area contributed by atoms with E-state index >= 15 is 0 Å². The van der Waals surface area contributed by atoms with Crippen molar-refractivity contribution in [2.24, 2.45) is 11.1 Å². The minimum Gasteiger partial charge on any atom is -0.393 e. The quantitative estimate of drug-likeness (QED) is 0.706. The number of sulfone groups is 1. The number of thiocarbonyl (C=S) groups is 1. The second-order valence-corrected chi connectivity index (χ2v) is 9.21. The topological polar surface area (TPSA) is 69.4 Å². The van der Waals surface area contributed by atoms with Crippen LogP contribution in [0.2, 0.25) is 0 Å². The fourth-order valence-corrected chi connectivity index (χ4v) is 5.79. The predicted octanol–water partition coefficient (Wildman–Crippen LogP) is 2.66. The molecule has 0 unspecified atom stereocenters. The molecule has 1 aromatic carbocycles. The normalized spacial score (nSPS) is 27.6. The van der Waals surface area contributed by atoms with Crippen molar-refractivity contribution in [3.05, 3.63) is 34.3 Å². The average Bonchev–Trinajstić information content (AvgIpc) is 3.17. The van der Waals surface area contributed by atoms with Gasteiger partial charge in [-0.05, 0) is 24.6 Å². The Morgan fingerprint density at radius 3 is 2.41 bits per heavy atom. The van der Waals surface area contributed by atoms with Crippen LogP contribution in [0.25, 0.3) is 0 Å². The molecule has 1 aromatic rings. The van der Waals surface area contributed by atoms with Crippen molar-refractivity contribution < 1.29 is 13.2 Å². The largest absolute Gasteiger partial charge is 0.393 e. The van der Waals surface area contributed by atoms with Gasteiger partial charge in [0.2, 0.25) is 0 Å². The Labute approximate surface area is 145 Å². The van der Waals surface area contributed by atoms with E-state index in [0.29, 0.717) is 6.61 Å². The van der Waals surface area contributed by atoms with Crippen LogP contribution in [0, 0.1) is 5.41 Å². The summed E-state index contributed by atoms with van der Waals surface area (Å²) >= 11 is 8.62. The molecule has 3 atom stereocenters. The molecule has 0 radical (unpaired) electrons. The molecule has 2 rings (SSSR count). The van der Waals surface area contributed by atoms with Crippen molar-refractivity contribution >= 4 is 43.0 Å². The molecule has 2 N–H and O–H groups in total. The third-order valence-electron chi connectivity index (χ3n) is 4.28. The maximum atomic E-state index is 12.5. The van der Waals surface area contributed by atoms with E-state index in [-0.39, 0.29) is 23.3 Å². The zero-order chi connectivity index (χ0) is 16.5. The molecule has 0 aromatic heterocycles. The van der Waals surface area contributed by atoms with Gasteiger partial charge >= 0.3 is 0 Å². The summed E-state index contributed by atoms with van der Waals surface area (Å²) < 4.78 is 31.5. The van der Waals surface area contributed by atoms with Gasteiger partial charge in [-0.2, -0.15) is 0 Å². The minimum atomic E-state index is -3.27. The maximum absolute atomic E-state index is 12.5. The third kappa shape index (κ3) is 2.96. The monoisotopic (exact) mass is 405 g/mol. The Kier molecular flexibility index (Phi) is 5.31. The lowest BCUT2D eigenvalue weighted by atomic mass is 10.00. The molecule has 122 valence electrons. The second kappa shape index (κ2) is 6.55. The molecule has 0 bridgehead atoms. The summed E-state index contributed by atoms with van der Waals surface area (Å²) in [5.74, 6) is -0.170. The van der Waals surface area contributed by atoms with Crippen molar-refractivity contribution in [3.8, 4) is 0 Å². The summed E-state index contributed by atoms with van der Waals surface area (Å²) in [5, 5.41) is -0.602. The van der Waals surface area contributed by atoms with Gasteiger partial charge in [-0.15, -0.1) is 0 Å². The summed E-state index contributed by atoms with van der Waals surface area (Å²) in [5.41, 5.74) is 6.08. The number of nitrogens with two attached hydrogens (primary N) is 1. The van der Waals surface area contributed by atoms with E-state index in [1.54, 1.807) is 6.92 Å². The Morgan fingerprint density at radius 2 is 1.95 bits per heavy atom. The lowest BCUT2D eigenvalue weighted by Gasteiger charge is -2.16. The highest BCUT2D eigenvalue weighted by molar-refractivity contribution is 9.10. The lowest BCUT2D eigenvalue weighted by molar-refractivity contribution is 0.121. The van der Waals surface area contributed by atoms with Crippen LogP contribution in [0.5, 0.6) is 0 Å². The molecule has 0 amide bonds. The zero-order valence-corrected chi connectivity index (χ0v) is 15.8. The molecule has 22 heavy (non-hydrogen) atoms. The van der Waals surface area contributed by atoms with E-state index in [1.165, 1.54) is 0 Å². The van der Waals surface area contributed by atoms with E-state index in [1.807, 2.05) is 31.2 Å². The van der Waals surface area contributed by atoms with Gasteiger partial charge in [0.15, 0.2) is 9.84 Å². The fraction of sp³-hybridized carbons (Fsp3) is 0.533. The molecule has 7 heteroatoms. The number of ether oxygens (including phenoxy) is 1. The van der Waals surface area contributed by atoms with Crippen LogP contribution in [0.1, 0.15) is 25.3 Å². The molecule has 1 aliphatic rings.